The first-order valence-electron chi connectivity index (χ1n) is 9.45. The maximum atomic E-state index is 12.8. The number of nitrogens with zero attached hydrogens (tertiary/aromatic N) is 4. The number of hydrogen-bond donors (Lipinski definition) is 0. The summed E-state index contributed by atoms with van der Waals surface area (Å²) in [6.45, 7) is 3.23. The Hall–Kier alpha value is -3.32. The number of carbonyl (C=O) groups is 1. The highest BCUT2D eigenvalue weighted by Crippen LogP contribution is 2.26. The summed E-state index contributed by atoms with van der Waals surface area (Å²) < 4.78 is 11.1. The zero-order chi connectivity index (χ0) is 20.2. The van der Waals surface area contributed by atoms with Crippen LogP contribution in [0.4, 0.5) is 0 Å². The van der Waals surface area contributed by atoms with Crippen LogP contribution in [-0.2, 0) is 4.74 Å². The minimum absolute atomic E-state index is 0.142. The maximum absolute atomic E-state index is 12.8. The fourth-order valence-corrected chi connectivity index (χ4v) is 3.23. The van der Waals surface area contributed by atoms with E-state index in [0.29, 0.717) is 25.4 Å². The van der Waals surface area contributed by atoms with Crippen LogP contribution >= 0.6 is 0 Å². The SMILES string of the molecule is COc1ccc(-c2cccc([C@@H]3CN(C(=O)c4cnc(C)cn4)CCO3)n2)cc1. The number of pyridine rings is 1. The van der Waals surface area contributed by atoms with Crippen molar-refractivity contribution >= 4 is 5.91 Å². The predicted octanol–water partition coefficient (Wildman–Crippen LogP) is 3.07. The van der Waals surface area contributed by atoms with E-state index in [1.807, 2.05) is 49.4 Å². The summed E-state index contributed by atoms with van der Waals surface area (Å²) in [5, 5.41) is 0. The minimum Gasteiger partial charge on any atom is -0.497 e. The lowest BCUT2D eigenvalue weighted by Gasteiger charge is -2.32. The van der Waals surface area contributed by atoms with E-state index in [4.69, 9.17) is 14.5 Å². The summed E-state index contributed by atoms with van der Waals surface area (Å²) in [6.07, 6.45) is 2.83. The van der Waals surface area contributed by atoms with Gasteiger partial charge in [0.15, 0.2) is 0 Å². The Morgan fingerprint density at radius 3 is 2.69 bits per heavy atom. The third-order valence-corrected chi connectivity index (χ3v) is 4.84. The molecule has 0 aliphatic carbocycles. The number of morpholine rings is 1. The molecule has 0 unspecified atom stereocenters. The Labute approximate surface area is 169 Å². The topological polar surface area (TPSA) is 77.4 Å². The molecule has 0 saturated carbocycles. The van der Waals surface area contributed by atoms with Gasteiger partial charge in [-0.1, -0.05) is 6.07 Å². The zero-order valence-electron chi connectivity index (χ0n) is 16.4. The number of aryl methyl sites for hydroxylation is 1. The fraction of sp³-hybridized carbons (Fsp3) is 0.273. The molecule has 7 heteroatoms. The molecule has 1 amide bonds. The normalized spacial score (nSPS) is 16.5. The van der Waals surface area contributed by atoms with E-state index in [9.17, 15) is 4.79 Å². The van der Waals surface area contributed by atoms with Gasteiger partial charge in [-0.15, -0.1) is 0 Å². The van der Waals surface area contributed by atoms with E-state index in [1.165, 1.54) is 6.20 Å². The van der Waals surface area contributed by atoms with Gasteiger partial charge in [0, 0.05) is 18.3 Å². The van der Waals surface area contributed by atoms with Crippen molar-refractivity contribution in [1.29, 1.82) is 0 Å². The van der Waals surface area contributed by atoms with Crippen molar-refractivity contribution in [2.24, 2.45) is 0 Å². The predicted molar refractivity (Wildman–Crippen MR) is 108 cm³/mol. The molecule has 7 nitrogen and oxygen atoms in total. The second kappa shape index (κ2) is 8.36. The van der Waals surface area contributed by atoms with Gasteiger partial charge in [0.1, 0.15) is 17.5 Å². The maximum Gasteiger partial charge on any atom is 0.274 e. The van der Waals surface area contributed by atoms with Gasteiger partial charge in [-0.2, -0.15) is 0 Å². The van der Waals surface area contributed by atoms with Gasteiger partial charge in [0.05, 0.1) is 43.5 Å². The lowest BCUT2D eigenvalue weighted by atomic mass is 10.1. The number of rotatable bonds is 4. The van der Waals surface area contributed by atoms with Crippen molar-refractivity contribution < 1.29 is 14.3 Å². The Kier molecular flexibility index (Phi) is 5.48. The zero-order valence-corrected chi connectivity index (χ0v) is 16.4. The van der Waals surface area contributed by atoms with E-state index in [2.05, 4.69) is 9.97 Å². The molecule has 0 N–H and O–H groups in total. The molecule has 1 atom stereocenters. The van der Waals surface area contributed by atoms with Crippen LogP contribution in [0.15, 0.2) is 54.9 Å². The Bertz CT molecular complexity index is 990. The molecule has 1 fully saturated rings. The van der Waals surface area contributed by atoms with Gasteiger partial charge in [-0.05, 0) is 43.3 Å². The molecule has 29 heavy (non-hydrogen) atoms. The quantitative estimate of drug-likeness (QED) is 0.681. The van der Waals surface area contributed by atoms with Crippen molar-refractivity contribution in [3.05, 3.63) is 71.9 Å². The van der Waals surface area contributed by atoms with Gasteiger partial charge >= 0.3 is 0 Å². The summed E-state index contributed by atoms with van der Waals surface area (Å²) in [6, 6.07) is 13.6. The van der Waals surface area contributed by atoms with Crippen molar-refractivity contribution in [3.8, 4) is 17.0 Å². The third kappa shape index (κ3) is 4.25. The average molecular weight is 390 g/mol. The second-order valence-corrected chi connectivity index (χ2v) is 6.83. The molecule has 3 aromatic rings. The fourth-order valence-electron chi connectivity index (χ4n) is 3.23. The highest BCUT2D eigenvalue weighted by molar-refractivity contribution is 5.92. The third-order valence-electron chi connectivity index (χ3n) is 4.84. The largest absolute Gasteiger partial charge is 0.497 e. The molecule has 1 saturated heterocycles. The van der Waals surface area contributed by atoms with Crippen LogP contribution in [0.5, 0.6) is 5.75 Å². The number of aromatic nitrogens is 3. The van der Waals surface area contributed by atoms with Gasteiger partial charge in [0.25, 0.3) is 5.91 Å². The van der Waals surface area contributed by atoms with E-state index in [-0.39, 0.29) is 12.0 Å². The number of ether oxygens (including phenoxy) is 2. The molecule has 1 aliphatic heterocycles. The Morgan fingerprint density at radius 1 is 1.14 bits per heavy atom. The first kappa shape index (κ1) is 19.0. The highest BCUT2D eigenvalue weighted by atomic mass is 16.5. The number of benzene rings is 1. The number of carbonyl (C=O) groups excluding carboxylic acids is 1. The van der Waals surface area contributed by atoms with Crippen molar-refractivity contribution in [3.63, 3.8) is 0 Å². The first-order chi connectivity index (χ1) is 14.1. The smallest absolute Gasteiger partial charge is 0.274 e. The molecule has 0 spiro atoms. The molecule has 2 aromatic heterocycles. The number of hydrogen-bond acceptors (Lipinski definition) is 6. The van der Waals surface area contributed by atoms with E-state index in [0.717, 1.165) is 28.4 Å². The lowest BCUT2D eigenvalue weighted by molar-refractivity contribution is -0.0248. The van der Waals surface area contributed by atoms with E-state index >= 15 is 0 Å². The van der Waals surface area contributed by atoms with Crippen LogP contribution < -0.4 is 4.74 Å². The monoisotopic (exact) mass is 390 g/mol. The molecular weight excluding hydrogens is 368 g/mol. The molecule has 148 valence electrons. The van der Waals surface area contributed by atoms with Crippen LogP contribution in [0.25, 0.3) is 11.3 Å². The minimum atomic E-state index is -0.288. The molecule has 1 aromatic carbocycles. The van der Waals surface area contributed by atoms with Gasteiger partial charge in [0.2, 0.25) is 0 Å². The van der Waals surface area contributed by atoms with Crippen LogP contribution in [0, 0.1) is 6.92 Å². The average Bonchev–Trinajstić information content (AvgIpc) is 2.79. The molecule has 1 aliphatic rings. The van der Waals surface area contributed by atoms with Crippen LogP contribution in [-0.4, -0.2) is 52.6 Å². The van der Waals surface area contributed by atoms with E-state index < -0.39 is 0 Å². The summed E-state index contributed by atoms with van der Waals surface area (Å²) in [5.41, 5.74) is 3.76. The van der Waals surface area contributed by atoms with Gasteiger partial charge in [-0.25, -0.2) is 9.97 Å². The van der Waals surface area contributed by atoms with Gasteiger partial charge < -0.3 is 14.4 Å². The van der Waals surface area contributed by atoms with Crippen LogP contribution in [0.1, 0.15) is 28.0 Å². The first-order valence-corrected chi connectivity index (χ1v) is 9.45. The molecular formula is C22H22N4O3. The number of amides is 1. The molecule has 3 heterocycles. The van der Waals surface area contributed by atoms with Gasteiger partial charge in [-0.3, -0.25) is 9.78 Å². The van der Waals surface area contributed by atoms with Crippen molar-refractivity contribution in [2.45, 2.75) is 13.0 Å². The summed E-state index contributed by atoms with van der Waals surface area (Å²) in [5.74, 6) is 0.658. The van der Waals surface area contributed by atoms with Crippen LogP contribution in [0.2, 0.25) is 0 Å². The number of methoxy groups -OCH3 is 1. The van der Waals surface area contributed by atoms with Crippen LogP contribution in [0.3, 0.4) is 0 Å². The standard InChI is InChI=1S/C22H22N4O3/c1-15-12-24-20(13-23-15)22(27)26-10-11-29-21(14-26)19-5-3-4-18(25-19)16-6-8-17(28-2)9-7-16/h3-9,12-13,21H,10-11,14H2,1-2H3/t21-/m0/s1. The molecule has 0 radical (unpaired) electrons. The lowest BCUT2D eigenvalue weighted by Crippen LogP contribution is -2.42. The summed E-state index contributed by atoms with van der Waals surface area (Å²) in [7, 11) is 1.64. The summed E-state index contributed by atoms with van der Waals surface area (Å²) in [4.78, 5) is 27.7. The highest BCUT2D eigenvalue weighted by Gasteiger charge is 2.28. The van der Waals surface area contributed by atoms with Crippen molar-refractivity contribution in [1.82, 2.24) is 19.9 Å². The Morgan fingerprint density at radius 2 is 1.97 bits per heavy atom. The second-order valence-electron chi connectivity index (χ2n) is 6.83. The Balaban J connectivity index is 1.52. The molecule has 0 bridgehead atoms. The van der Waals surface area contributed by atoms with Crippen molar-refractivity contribution in [2.75, 3.05) is 26.8 Å². The van der Waals surface area contributed by atoms with E-state index in [1.54, 1.807) is 18.2 Å². The summed E-state index contributed by atoms with van der Waals surface area (Å²) >= 11 is 0. The molecule has 4 rings (SSSR count).